The molecule has 86 valence electrons. The van der Waals surface area contributed by atoms with Crippen molar-refractivity contribution in [2.45, 2.75) is 31.6 Å². The Morgan fingerprint density at radius 1 is 1.60 bits per heavy atom. The minimum atomic E-state index is -1.08. The number of hydrogen-bond acceptors (Lipinski definition) is 3. The highest BCUT2D eigenvalue weighted by atomic mass is 32.2. The van der Waals surface area contributed by atoms with Gasteiger partial charge in [-0.25, -0.2) is 8.93 Å². The maximum Gasteiger partial charge on any atom is 0.0976 e. The summed E-state index contributed by atoms with van der Waals surface area (Å²) in [5.41, 5.74) is 6.77. The van der Waals surface area contributed by atoms with Crippen LogP contribution in [0.15, 0.2) is 16.8 Å². The molecule has 3 nitrogen and oxygen atoms in total. The maximum absolute atomic E-state index is 11.9. The SMILES string of the molecule is CC(C)(C)S(=O)N[C@H](CN)c1ccsc1. The molecule has 0 aromatic carbocycles. The highest BCUT2D eigenvalue weighted by molar-refractivity contribution is 7.84. The molecule has 0 radical (unpaired) electrons. The van der Waals surface area contributed by atoms with Gasteiger partial charge < -0.3 is 5.73 Å². The van der Waals surface area contributed by atoms with E-state index in [1.165, 1.54) is 0 Å². The van der Waals surface area contributed by atoms with Crippen molar-refractivity contribution in [3.63, 3.8) is 0 Å². The van der Waals surface area contributed by atoms with Crippen molar-refractivity contribution in [1.29, 1.82) is 0 Å². The standard InChI is InChI=1S/C10H18N2OS2/c1-10(2,3)15(13)12-9(6-11)8-4-5-14-7-8/h4-5,7,9,12H,6,11H2,1-3H3/t9-,15?/m1/s1. The van der Waals surface area contributed by atoms with E-state index in [-0.39, 0.29) is 10.8 Å². The summed E-state index contributed by atoms with van der Waals surface area (Å²) in [5.74, 6) is 0. The lowest BCUT2D eigenvalue weighted by Crippen LogP contribution is -2.38. The molecule has 0 aliphatic carbocycles. The quantitative estimate of drug-likeness (QED) is 0.851. The van der Waals surface area contributed by atoms with E-state index in [1.807, 2.05) is 37.6 Å². The molecule has 5 heteroatoms. The van der Waals surface area contributed by atoms with Crippen LogP contribution in [0.4, 0.5) is 0 Å². The molecule has 0 fully saturated rings. The highest BCUT2D eigenvalue weighted by Crippen LogP contribution is 2.18. The van der Waals surface area contributed by atoms with Crippen LogP contribution in [0.3, 0.4) is 0 Å². The summed E-state index contributed by atoms with van der Waals surface area (Å²) in [6.45, 7) is 6.28. The molecule has 0 aliphatic rings. The van der Waals surface area contributed by atoms with Crippen LogP contribution in [-0.2, 0) is 11.0 Å². The number of hydrogen-bond donors (Lipinski definition) is 2. The first-order valence-electron chi connectivity index (χ1n) is 4.85. The van der Waals surface area contributed by atoms with Gasteiger partial charge in [0.15, 0.2) is 0 Å². The first kappa shape index (κ1) is 12.8. The molecule has 3 N–H and O–H groups in total. The van der Waals surface area contributed by atoms with Gasteiger partial charge in [-0.2, -0.15) is 11.3 Å². The zero-order chi connectivity index (χ0) is 11.5. The fraction of sp³-hybridized carbons (Fsp3) is 0.600. The van der Waals surface area contributed by atoms with Gasteiger partial charge in [-0.1, -0.05) is 0 Å². The van der Waals surface area contributed by atoms with E-state index in [0.29, 0.717) is 6.54 Å². The molecule has 0 spiro atoms. The van der Waals surface area contributed by atoms with Crippen LogP contribution in [0, 0.1) is 0 Å². The molecule has 0 amide bonds. The minimum Gasteiger partial charge on any atom is -0.329 e. The van der Waals surface area contributed by atoms with Crippen molar-refractivity contribution >= 4 is 22.3 Å². The molecular formula is C10H18N2OS2. The summed E-state index contributed by atoms with van der Waals surface area (Å²) in [4.78, 5) is 0. The molecule has 0 saturated carbocycles. The predicted molar refractivity (Wildman–Crippen MR) is 67.1 cm³/mol. The Hall–Kier alpha value is -0.230. The number of rotatable bonds is 4. The Bertz CT molecular complexity index is 317. The lowest BCUT2D eigenvalue weighted by atomic mass is 10.2. The van der Waals surface area contributed by atoms with E-state index in [0.717, 1.165) is 5.56 Å². The van der Waals surface area contributed by atoms with Crippen molar-refractivity contribution in [1.82, 2.24) is 4.72 Å². The summed E-state index contributed by atoms with van der Waals surface area (Å²) >= 11 is 1.62. The lowest BCUT2D eigenvalue weighted by Gasteiger charge is -2.22. The van der Waals surface area contributed by atoms with Gasteiger partial charge in [0.05, 0.1) is 21.8 Å². The third-order valence-electron chi connectivity index (χ3n) is 1.99. The minimum absolute atomic E-state index is 0.0173. The van der Waals surface area contributed by atoms with Crippen molar-refractivity contribution in [3.05, 3.63) is 22.4 Å². The van der Waals surface area contributed by atoms with Gasteiger partial charge in [-0.3, -0.25) is 0 Å². The van der Waals surface area contributed by atoms with Crippen molar-refractivity contribution in [2.24, 2.45) is 5.73 Å². The Labute approximate surface area is 97.7 Å². The number of nitrogens with one attached hydrogen (secondary N) is 1. The summed E-state index contributed by atoms with van der Waals surface area (Å²) < 4.78 is 14.7. The van der Waals surface area contributed by atoms with Gasteiger partial charge in [0.25, 0.3) is 0 Å². The third kappa shape index (κ3) is 3.68. The fourth-order valence-electron chi connectivity index (χ4n) is 1.03. The normalized spacial score (nSPS) is 16.3. The van der Waals surface area contributed by atoms with E-state index < -0.39 is 11.0 Å². The van der Waals surface area contributed by atoms with Gasteiger partial charge in [0, 0.05) is 6.54 Å². The maximum atomic E-state index is 11.9. The molecule has 1 aromatic heterocycles. The van der Waals surface area contributed by atoms with Crippen molar-refractivity contribution in [2.75, 3.05) is 6.54 Å². The molecule has 15 heavy (non-hydrogen) atoms. The molecule has 1 unspecified atom stereocenters. The molecular weight excluding hydrogens is 228 g/mol. The number of nitrogens with two attached hydrogens (primary N) is 1. The lowest BCUT2D eigenvalue weighted by molar-refractivity contribution is 0.603. The fourth-order valence-corrected chi connectivity index (χ4v) is 2.59. The predicted octanol–water partition coefficient (Wildman–Crippen LogP) is 1.80. The Kier molecular flexibility index (Phi) is 4.45. The highest BCUT2D eigenvalue weighted by Gasteiger charge is 2.22. The van der Waals surface area contributed by atoms with E-state index in [4.69, 9.17) is 5.73 Å². The van der Waals surface area contributed by atoms with Crippen molar-refractivity contribution in [3.8, 4) is 0 Å². The zero-order valence-electron chi connectivity index (χ0n) is 9.32. The molecule has 0 saturated heterocycles. The monoisotopic (exact) mass is 246 g/mol. The first-order valence-corrected chi connectivity index (χ1v) is 6.94. The van der Waals surface area contributed by atoms with Crippen LogP contribution in [-0.4, -0.2) is 15.5 Å². The Morgan fingerprint density at radius 3 is 2.67 bits per heavy atom. The third-order valence-corrected chi connectivity index (χ3v) is 4.30. The van der Waals surface area contributed by atoms with Gasteiger partial charge in [-0.05, 0) is 43.2 Å². The van der Waals surface area contributed by atoms with Crippen LogP contribution in [0.1, 0.15) is 32.4 Å². The van der Waals surface area contributed by atoms with Crippen LogP contribution in [0.5, 0.6) is 0 Å². The average molecular weight is 246 g/mol. The molecule has 0 aliphatic heterocycles. The molecule has 1 rings (SSSR count). The average Bonchev–Trinajstić information content (AvgIpc) is 2.64. The second kappa shape index (κ2) is 5.21. The van der Waals surface area contributed by atoms with E-state index in [2.05, 4.69) is 4.72 Å². The summed E-state index contributed by atoms with van der Waals surface area (Å²) in [6, 6.07) is 1.99. The molecule has 1 heterocycles. The van der Waals surface area contributed by atoms with Crippen LogP contribution in [0.2, 0.25) is 0 Å². The molecule has 2 atom stereocenters. The van der Waals surface area contributed by atoms with Gasteiger partial charge in [0.2, 0.25) is 0 Å². The summed E-state index contributed by atoms with van der Waals surface area (Å²) in [7, 11) is -1.08. The zero-order valence-corrected chi connectivity index (χ0v) is 11.0. The first-order chi connectivity index (χ1) is 6.95. The summed E-state index contributed by atoms with van der Waals surface area (Å²) in [5, 5.41) is 4.03. The topological polar surface area (TPSA) is 55.1 Å². The van der Waals surface area contributed by atoms with Gasteiger partial charge >= 0.3 is 0 Å². The largest absolute Gasteiger partial charge is 0.329 e. The number of thiophene rings is 1. The van der Waals surface area contributed by atoms with Gasteiger partial charge in [-0.15, -0.1) is 0 Å². The Balaban J connectivity index is 2.67. The smallest absolute Gasteiger partial charge is 0.0976 e. The molecule has 1 aromatic rings. The van der Waals surface area contributed by atoms with Crippen molar-refractivity contribution < 1.29 is 4.21 Å². The van der Waals surface area contributed by atoms with Crippen LogP contribution < -0.4 is 10.5 Å². The van der Waals surface area contributed by atoms with Gasteiger partial charge in [0.1, 0.15) is 0 Å². The van der Waals surface area contributed by atoms with Crippen LogP contribution in [0.25, 0.3) is 0 Å². The van der Waals surface area contributed by atoms with E-state index in [9.17, 15) is 4.21 Å². The molecule has 0 bridgehead atoms. The Morgan fingerprint density at radius 2 is 2.27 bits per heavy atom. The van der Waals surface area contributed by atoms with Crippen LogP contribution >= 0.6 is 11.3 Å². The van der Waals surface area contributed by atoms with E-state index >= 15 is 0 Å². The van der Waals surface area contributed by atoms with E-state index in [1.54, 1.807) is 11.3 Å². The summed E-state index contributed by atoms with van der Waals surface area (Å²) in [6.07, 6.45) is 0. The second-order valence-corrected chi connectivity index (χ2v) is 7.12. The second-order valence-electron chi connectivity index (χ2n) is 4.34.